The number of ether oxygens (including phenoxy) is 3. The van der Waals surface area contributed by atoms with Crippen LogP contribution in [-0.2, 0) is 14.2 Å². The first-order valence-corrected chi connectivity index (χ1v) is 11.0. The summed E-state index contributed by atoms with van der Waals surface area (Å²) in [6.45, 7) is 3.70. The monoisotopic (exact) mass is 502 g/mol. The third-order valence-electron chi connectivity index (χ3n) is 5.14. The van der Waals surface area contributed by atoms with Gasteiger partial charge in [-0.25, -0.2) is 14.6 Å². The number of carbonyl (C=O) groups is 2. The average Bonchev–Trinajstić information content (AvgIpc) is 3.20. The molecule has 0 aromatic heterocycles. The minimum absolute atomic E-state index is 0.0680. The van der Waals surface area contributed by atoms with Crippen LogP contribution in [0.4, 0.5) is 0 Å². The molecule has 34 heavy (non-hydrogen) atoms. The van der Waals surface area contributed by atoms with Crippen LogP contribution in [0.2, 0.25) is 10.0 Å². The number of hydrogen-bond donors (Lipinski definition) is 1. The molecule has 11 heteroatoms. The average molecular weight is 503 g/mol. The van der Waals surface area contributed by atoms with Crippen LogP contribution in [0.25, 0.3) is 0 Å². The Kier molecular flexibility index (Phi) is 7.16. The Hall–Kier alpha value is -3.40. The minimum Gasteiger partial charge on any atom is -0.459 e. The number of rotatable bonds is 6. The summed E-state index contributed by atoms with van der Waals surface area (Å²) in [5.41, 5.74) is 6.26. The highest BCUT2D eigenvalue weighted by Crippen LogP contribution is 2.29. The number of guanidine groups is 1. The maximum absolute atomic E-state index is 12.7. The molecule has 1 fully saturated rings. The van der Waals surface area contributed by atoms with Crippen LogP contribution in [0, 0.1) is 0 Å². The van der Waals surface area contributed by atoms with Gasteiger partial charge in [0.2, 0.25) is 5.96 Å². The van der Waals surface area contributed by atoms with E-state index in [-0.39, 0.29) is 19.0 Å². The van der Waals surface area contributed by atoms with Crippen molar-refractivity contribution in [2.75, 3.05) is 6.61 Å². The topological polar surface area (TPSA) is 116 Å². The summed E-state index contributed by atoms with van der Waals surface area (Å²) in [6.07, 6.45) is -0.397. The maximum atomic E-state index is 12.7. The third kappa shape index (κ3) is 5.56. The molecule has 2 aliphatic heterocycles. The number of nitrogens with two attached hydrogens (primary N) is 1. The SMILES string of the molecule is C=C1N=C(N)N=CN1[C@H]1C[C@@H](OC(=O)c2ccc(Cl)cc2)[C@@H](COC(=O)c2ccc(Cl)cc2)O1. The molecule has 2 aliphatic rings. The van der Waals surface area contributed by atoms with E-state index in [0.717, 1.165) is 0 Å². The minimum atomic E-state index is -0.748. The van der Waals surface area contributed by atoms with Gasteiger partial charge in [0.1, 0.15) is 37.2 Å². The molecule has 0 bridgehead atoms. The van der Waals surface area contributed by atoms with Crippen molar-refractivity contribution in [2.24, 2.45) is 15.7 Å². The molecule has 0 amide bonds. The summed E-state index contributed by atoms with van der Waals surface area (Å²) in [4.78, 5) is 34.7. The first-order valence-electron chi connectivity index (χ1n) is 10.2. The molecular weight excluding hydrogens is 483 g/mol. The van der Waals surface area contributed by atoms with Crippen molar-refractivity contribution >= 4 is 47.4 Å². The Bertz CT molecular complexity index is 1150. The standard InChI is InChI=1S/C23H20Cl2N4O5/c1-13-28-23(26)27-12-29(13)20-10-18(34-22(31)15-4-8-17(25)9-5-15)19(33-20)11-32-21(30)14-2-6-16(24)7-3-14/h2-9,12,18-20H,1,10-11H2,(H2,26,28)/t18-,19-,20-/m1/s1. The van der Waals surface area contributed by atoms with Crippen LogP contribution in [0.3, 0.4) is 0 Å². The van der Waals surface area contributed by atoms with Gasteiger partial charge < -0.3 is 19.9 Å². The molecule has 0 saturated carbocycles. The first kappa shape index (κ1) is 23.7. The van der Waals surface area contributed by atoms with Gasteiger partial charge in [-0.3, -0.25) is 4.90 Å². The van der Waals surface area contributed by atoms with Gasteiger partial charge in [-0.2, -0.15) is 4.99 Å². The lowest BCUT2D eigenvalue weighted by molar-refractivity contribution is -0.0611. The number of benzene rings is 2. The summed E-state index contributed by atoms with van der Waals surface area (Å²) in [6, 6.07) is 12.6. The fraction of sp³-hybridized carbons (Fsp3) is 0.217. The number of esters is 2. The van der Waals surface area contributed by atoms with Gasteiger partial charge in [-0.15, -0.1) is 0 Å². The second-order valence-electron chi connectivity index (χ2n) is 7.46. The number of carbonyl (C=O) groups excluding carboxylic acids is 2. The largest absolute Gasteiger partial charge is 0.459 e. The first-order chi connectivity index (χ1) is 16.3. The molecule has 2 heterocycles. The molecule has 2 aromatic rings. The van der Waals surface area contributed by atoms with Crippen molar-refractivity contribution in [3.05, 3.63) is 82.1 Å². The van der Waals surface area contributed by atoms with Crippen LogP contribution >= 0.6 is 23.2 Å². The van der Waals surface area contributed by atoms with Crippen molar-refractivity contribution in [3.63, 3.8) is 0 Å². The van der Waals surface area contributed by atoms with Crippen LogP contribution in [-0.4, -0.2) is 54.2 Å². The van der Waals surface area contributed by atoms with E-state index < -0.39 is 30.4 Å². The molecule has 0 unspecified atom stereocenters. The van der Waals surface area contributed by atoms with E-state index >= 15 is 0 Å². The molecule has 2 aromatic carbocycles. The van der Waals surface area contributed by atoms with Gasteiger partial charge >= 0.3 is 11.9 Å². The van der Waals surface area contributed by atoms with E-state index in [1.54, 1.807) is 53.4 Å². The molecule has 2 N–H and O–H groups in total. The highest BCUT2D eigenvalue weighted by Gasteiger charge is 2.42. The fourth-order valence-corrected chi connectivity index (χ4v) is 3.66. The zero-order valence-corrected chi connectivity index (χ0v) is 19.3. The van der Waals surface area contributed by atoms with E-state index in [0.29, 0.717) is 27.0 Å². The van der Waals surface area contributed by atoms with Crippen molar-refractivity contribution in [3.8, 4) is 0 Å². The van der Waals surface area contributed by atoms with Gasteiger partial charge in [0.05, 0.1) is 11.1 Å². The van der Waals surface area contributed by atoms with E-state index in [2.05, 4.69) is 16.6 Å². The fourth-order valence-electron chi connectivity index (χ4n) is 3.41. The van der Waals surface area contributed by atoms with Gasteiger partial charge in [-0.1, -0.05) is 29.8 Å². The zero-order valence-electron chi connectivity index (χ0n) is 17.8. The van der Waals surface area contributed by atoms with Crippen LogP contribution in [0.1, 0.15) is 27.1 Å². The number of aliphatic imine (C=N–C) groups is 2. The summed E-state index contributed by atoms with van der Waals surface area (Å²) in [7, 11) is 0. The molecule has 0 spiro atoms. The van der Waals surface area contributed by atoms with Crippen molar-refractivity contribution in [1.29, 1.82) is 0 Å². The Morgan fingerprint density at radius 1 is 1.06 bits per heavy atom. The normalized spacial score (nSPS) is 21.8. The van der Waals surface area contributed by atoms with Crippen LogP contribution < -0.4 is 5.73 Å². The third-order valence-corrected chi connectivity index (χ3v) is 5.65. The zero-order chi connectivity index (χ0) is 24.2. The summed E-state index contributed by atoms with van der Waals surface area (Å²) < 4.78 is 17.2. The lowest BCUT2D eigenvalue weighted by Crippen LogP contribution is -2.36. The van der Waals surface area contributed by atoms with Crippen molar-refractivity contribution in [1.82, 2.24) is 4.90 Å². The Labute approximate surface area is 205 Å². The number of halogens is 2. The summed E-state index contributed by atoms with van der Waals surface area (Å²) >= 11 is 11.8. The molecular formula is C23H20Cl2N4O5. The predicted octanol–water partition coefficient (Wildman–Crippen LogP) is 3.62. The predicted molar refractivity (Wildman–Crippen MR) is 127 cm³/mol. The Balaban J connectivity index is 1.47. The quantitative estimate of drug-likeness (QED) is 0.599. The van der Waals surface area contributed by atoms with Gasteiger partial charge in [0.25, 0.3) is 0 Å². The number of nitrogens with zero attached hydrogens (tertiary/aromatic N) is 3. The second kappa shape index (κ2) is 10.3. The van der Waals surface area contributed by atoms with Gasteiger partial charge in [0.15, 0.2) is 0 Å². The number of hydrogen-bond acceptors (Lipinski definition) is 9. The lowest BCUT2D eigenvalue weighted by atomic mass is 10.1. The Morgan fingerprint density at radius 3 is 2.24 bits per heavy atom. The highest BCUT2D eigenvalue weighted by atomic mass is 35.5. The van der Waals surface area contributed by atoms with Gasteiger partial charge in [-0.05, 0) is 48.5 Å². The van der Waals surface area contributed by atoms with Gasteiger partial charge in [0, 0.05) is 16.5 Å². The van der Waals surface area contributed by atoms with Crippen LogP contribution in [0.15, 0.2) is 70.9 Å². The molecule has 9 nitrogen and oxygen atoms in total. The molecule has 0 aliphatic carbocycles. The maximum Gasteiger partial charge on any atom is 0.338 e. The molecule has 176 valence electrons. The van der Waals surface area contributed by atoms with Crippen LogP contribution in [0.5, 0.6) is 0 Å². The summed E-state index contributed by atoms with van der Waals surface area (Å²) in [5, 5.41) is 0.995. The highest BCUT2D eigenvalue weighted by molar-refractivity contribution is 6.31. The second-order valence-corrected chi connectivity index (χ2v) is 8.33. The van der Waals surface area contributed by atoms with Crippen molar-refractivity contribution in [2.45, 2.75) is 24.9 Å². The smallest absolute Gasteiger partial charge is 0.338 e. The van der Waals surface area contributed by atoms with E-state index in [1.165, 1.54) is 6.34 Å². The molecule has 3 atom stereocenters. The molecule has 0 radical (unpaired) electrons. The van der Waals surface area contributed by atoms with Crippen molar-refractivity contribution < 1.29 is 23.8 Å². The summed E-state index contributed by atoms with van der Waals surface area (Å²) in [5.74, 6) is -0.737. The lowest BCUT2D eigenvalue weighted by Gasteiger charge is -2.27. The molecule has 4 rings (SSSR count). The van der Waals surface area contributed by atoms with E-state index in [4.69, 9.17) is 43.1 Å². The molecule has 1 saturated heterocycles. The van der Waals surface area contributed by atoms with E-state index in [9.17, 15) is 9.59 Å². The Morgan fingerprint density at radius 2 is 1.65 bits per heavy atom. The van der Waals surface area contributed by atoms with E-state index in [1.807, 2.05) is 0 Å².